The van der Waals surface area contributed by atoms with Crippen LogP contribution in [0, 0.1) is 11.8 Å². The van der Waals surface area contributed by atoms with Gasteiger partial charge in [0.2, 0.25) is 0 Å². The van der Waals surface area contributed by atoms with Gasteiger partial charge in [0.15, 0.2) is 6.10 Å². The van der Waals surface area contributed by atoms with Crippen molar-refractivity contribution in [1.29, 1.82) is 0 Å². The largest absolute Gasteiger partial charge is 0.492 e. The van der Waals surface area contributed by atoms with Gasteiger partial charge in [0.25, 0.3) is 0 Å². The quantitative estimate of drug-likeness (QED) is 0.260. The van der Waals surface area contributed by atoms with Crippen LogP contribution in [0.15, 0.2) is 72.8 Å². The second kappa shape index (κ2) is 12.6. The fourth-order valence-corrected chi connectivity index (χ4v) is 5.80. The lowest BCUT2D eigenvalue weighted by atomic mass is 9.87. The summed E-state index contributed by atoms with van der Waals surface area (Å²) in [5.74, 6) is 1.27. The van der Waals surface area contributed by atoms with Gasteiger partial charge < -0.3 is 19.9 Å². The molecule has 0 radical (unpaired) electrons. The first kappa shape index (κ1) is 30.9. The zero-order chi connectivity index (χ0) is 30.8. The summed E-state index contributed by atoms with van der Waals surface area (Å²) >= 11 is 0. The molecule has 4 atom stereocenters. The predicted molar refractivity (Wildman–Crippen MR) is 158 cm³/mol. The molecule has 2 N–H and O–H groups in total. The number of hydrogen-bond acceptors (Lipinski definition) is 5. The number of nitrogens with zero attached hydrogens (tertiary/aromatic N) is 1. The van der Waals surface area contributed by atoms with Gasteiger partial charge in [0.05, 0.1) is 5.56 Å². The minimum atomic E-state index is -4.32. The molecular weight excluding hydrogens is 557 g/mol. The molecule has 1 saturated heterocycles. The third-order valence-electron chi connectivity index (χ3n) is 8.36. The molecule has 1 unspecified atom stereocenters. The molecule has 230 valence electrons. The van der Waals surface area contributed by atoms with Gasteiger partial charge in [-0.1, -0.05) is 63.2 Å². The Hall–Kier alpha value is -3.56. The van der Waals surface area contributed by atoms with Gasteiger partial charge in [-0.25, -0.2) is 4.79 Å². The van der Waals surface area contributed by atoms with Crippen LogP contribution in [-0.2, 0) is 29.4 Å². The van der Waals surface area contributed by atoms with Crippen LogP contribution in [0.2, 0.25) is 0 Å². The Bertz CT molecular complexity index is 1370. The number of hydrogen-bond donors (Lipinski definition) is 2. The number of benzene rings is 3. The number of carboxylic acids is 1. The Morgan fingerprint density at radius 2 is 1.58 bits per heavy atom. The number of likely N-dealkylation sites (tertiary alicyclic amines) is 1. The Morgan fingerprint density at radius 3 is 2.19 bits per heavy atom. The smallest absolute Gasteiger partial charge is 0.416 e. The number of piperidine rings is 1. The molecule has 1 aliphatic heterocycles. The fraction of sp³-hybridized carbons (Fsp3) is 0.441. The number of carboxylic acid groups (broad SMARTS) is 1. The first-order valence-corrected chi connectivity index (χ1v) is 14.7. The summed E-state index contributed by atoms with van der Waals surface area (Å²) in [7, 11) is 0. The van der Waals surface area contributed by atoms with E-state index in [1.54, 1.807) is 6.07 Å². The van der Waals surface area contributed by atoms with Gasteiger partial charge in [0.1, 0.15) is 18.1 Å². The molecule has 9 heteroatoms. The zero-order valence-corrected chi connectivity index (χ0v) is 24.7. The molecule has 0 spiro atoms. The maximum Gasteiger partial charge on any atom is 0.416 e. The van der Waals surface area contributed by atoms with Crippen molar-refractivity contribution in [3.05, 3.63) is 95.1 Å². The summed E-state index contributed by atoms with van der Waals surface area (Å²) < 4.78 is 50.6. The maximum atomic E-state index is 13.0. The molecule has 1 saturated carbocycles. The number of nitrogens with one attached hydrogen (secondary N) is 1. The highest BCUT2D eigenvalue weighted by Crippen LogP contribution is 2.45. The SMILES string of the molecule is CC(C)(C)c1ccc(O[C@@H](Cc2ccc(OCCN3CC4[C@H](C3)[C@H]4NCc3cccc(C(F)(F)F)c3)cc2)C(=O)O)cc1. The lowest BCUT2D eigenvalue weighted by Gasteiger charge is -2.20. The number of alkyl halides is 3. The Kier molecular flexibility index (Phi) is 9.04. The Balaban J connectivity index is 1.01. The van der Waals surface area contributed by atoms with Gasteiger partial charge in [-0.15, -0.1) is 0 Å². The van der Waals surface area contributed by atoms with Crippen LogP contribution < -0.4 is 14.8 Å². The van der Waals surface area contributed by atoms with E-state index in [9.17, 15) is 23.1 Å². The summed E-state index contributed by atoms with van der Waals surface area (Å²) in [6, 6.07) is 20.8. The van der Waals surface area contributed by atoms with Crippen LogP contribution in [0.25, 0.3) is 0 Å². The Morgan fingerprint density at radius 1 is 0.930 bits per heavy atom. The zero-order valence-electron chi connectivity index (χ0n) is 24.7. The van der Waals surface area contributed by atoms with Crippen LogP contribution in [-0.4, -0.2) is 54.4 Å². The molecule has 5 rings (SSSR count). The first-order chi connectivity index (χ1) is 20.4. The molecule has 6 nitrogen and oxygen atoms in total. The molecular formula is C34H39F3N2O4. The number of halogens is 3. The molecule has 1 heterocycles. The van der Waals surface area contributed by atoms with E-state index >= 15 is 0 Å². The van der Waals surface area contributed by atoms with Crippen molar-refractivity contribution >= 4 is 5.97 Å². The number of carbonyl (C=O) groups is 1. The number of fused-ring (bicyclic) bond motifs is 1. The average molecular weight is 597 g/mol. The minimum absolute atomic E-state index is 0.00489. The normalized spacial score (nSPS) is 20.8. The molecule has 0 amide bonds. The van der Waals surface area contributed by atoms with E-state index in [1.807, 2.05) is 48.5 Å². The highest BCUT2D eigenvalue weighted by atomic mass is 19.4. The van der Waals surface area contributed by atoms with Crippen molar-refractivity contribution in [3.63, 3.8) is 0 Å². The third kappa shape index (κ3) is 8.09. The van der Waals surface area contributed by atoms with Crippen LogP contribution in [0.1, 0.15) is 43.0 Å². The van der Waals surface area contributed by atoms with Crippen LogP contribution >= 0.6 is 0 Å². The van der Waals surface area contributed by atoms with E-state index < -0.39 is 23.8 Å². The Labute approximate surface area is 250 Å². The summed E-state index contributed by atoms with van der Waals surface area (Å²) in [6.45, 7) is 10.0. The summed E-state index contributed by atoms with van der Waals surface area (Å²) in [4.78, 5) is 14.2. The minimum Gasteiger partial charge on any atom is -0.492 e. The molecule has 2 aliphatic rings. The topological polar surface area (TPSA) is 71.0 Å². The van der Waals surface area contributed by atoms with E-state index in [-0.39, 0.29) is 11.8 Å². The maximum absolute atomic E-state index is 13.0. The van der Waals surface area contributed by atoms with Crippen LogP contribution in [0.4, 0.5) is 13.2 Å². The lowest BCUT2D eigenvalue weighted by Crippen LogP contribution is -2.33. The average Bonchev–Trinajstić information content (AvgIpc) is 3.41. The van der Waals surface area contributed by atoms with Crippen molar-refractivity contribution in [3.8, 4) is 11.5 Å². The molecule has 0 bridgehead atoms. The van der Waals surface area contributed by atoms with Crippen molar-refractivity contribution in [1.82, 2.24) is 10.2 Å². The molecule has 3 aromatic carbocycles. The third-order valence-corrected chi connectivity index (χ3v) is 8.36. The van der Waals surface area contributed by atoms with Gasteiger partial charge in [0, 0.05) is 38.6 Å². The lowest BCUT2D eigenvalue weighted by molar-refractivity contribution is -0.145. The monoisotopic (exact) mass is 596 g/mol. The number of rotatable bonds is 12. The number of ether oxygens (including phenoxy) is 2. The second-order valence-corrected chi connectivity index (χ2v) is 12.6. The van der Waals surface area contributed by atoms with Crippen LogP contribution in [0.5, 0.6) is 11.5 Å². The predicted octanol–water partition coefficient (Wildman–Crippen LogP) is 6.18. The van der Waals surface area contributed by atoms with E-state index in [0.29, 0.717) is 42.3 Å². The van der Waals surface area contributed by atoms with Gasteiger partial charge >= 0.3 is 12.1 Å². The fourth-order valence-electron chi connectivity index (χ4n) is 5.80. The van der Waals surface area contributed by atoms with E-state index in [2.05, 4.69) is 31.0 Å². The number of aliphatic carboxylic acids is 1. The highest BCUT2D eigenvalue weighted by molar-refractivity contribution is 5.73. The van der Waals surface area contributed by atoms with Gasteiger partial charge in [-0.2, -0.15) is 13.2 Å². The molecule has 0 aromatic heterocycles. The molecule has 43 heavy (non-hydrogen) atoms. The van der Waals surface area contributed by atoms with Crippen molar-refractivity contribution in [2.24, 2.45) is 11.8 Å². The van der Waals surface area contributed by atoms with Crippen molar-refractivity contribution < 1.29 is 32.5 Å². The molecule has 1 aliphatic carbocycles. The standard InChI is InChI=1S/C34H39F3N2O4/c1-33(2,3)24-9-13-27(14-10-24)43-30(32(40)41)18-22-7-11-26(12-8-22)42-16-15-39-20-28-29(21-39)31(28)38-19-23-5-4-6-25(17-23)34(35,36)37/h4-14,17,28-31,38H,15-16,18-21H2,1-3H3,(H,40,41)/t28-,29?,30-,31+/m0/s1. The van der Waals surface area contributed by atoms with E-state index in [1.165, 1.54) is 12.1 Å². The first-order valence-electron chi connectivity index (χ1n) is 14.7. The van der Waals surface area contributed by atoms with E-state index in [0.717, 1.165) is 42.6 Å². The highest BCUT2D eigenvalue weighted by Gasteiger charge is 2.55. The summed E-state index contributed by atoms with van der Waals surface area (Å²) in [5, 5.41) is 13.1. The van der Waals surface area contributed by atoms with E-state index in [4.69, 9.17) is 9.47 Å². The van der Waals surface area contributed by atoms with Gasteiger partial charge in [-0.3, -0.25) is 4.90 Å². The molecule has 2 fully saturated rings. The summed E-state index contributed by atoms with van der Waals surface area (Å²) in [5.41, 5.74) is 2.03. The van der Waals surface area contributed by atoms with Crippen molar-refractivity contribution in [2.75, 3.05) is 26.2 Å². The second-order valence-electron chi connectivity index (χ2n) is 12.6. The van der Waals surface area contributed by atoms with Gasteiger partial charge in [-0.05, 0) is 64.3 Å². The summed E-state index contributed by atoms with van der Waals surface area (Å²) in [6.07, 6.45) is -5.09. The molecule has 3 aromatic rings. The van der Waals surface area contributed by atoms with Crippen molar-refractivity contribution in [2.45, 2.75) is 57.5 Å². The van der Waals surface area contributed by atoms with Crippen LogP contribution in [0.3, 0.4) is 0 Å².